The molecule has 1 aromatic heterocycles. The average molecular weight is 495 g/mol. The fourth-order valence-corrected chi connectivity index (χ4v) is 6.38. The van der Waals surface area contributed by atoms with Crippen molar-refractivity contribution in [3.63, 3.8) is 0 Å². The lowest BCUT2D eigenvalue weighted by molar-refractivity contribution is -0.139. The van der Waals surface area contributed by atoms with Gasteiger partial charge in [-0.15, -0.1) is 0 Å². The Bertz CT molecular complexity index is 1160. The molecule has 3 aliphatic rings. The van der Waals surface area contributed by atoms with Crippen LogP contribution in [-0.4, -0.2) is 58.6 Å². The van der Waals surface area contributed by atoms with Gasteiger partial charge < -0.3 is 20.6 Å². The number of benzene rings is 1. The molecule has 192 valence electrons. The van der Waals surface area contributed by atoms with Gasteiger partial charge in [0.25, 0.3) is 5.91 Å². The highest BCUT2D eigenvalue weighted by Crippen LogP contribution is 2.44. The number of hydrogen-bond acceptors (Lipinski definition) is 5. The monoisotopic (exact) mass is 494 g/mol. The Morgan fingerprint density at radius 2 is 1.94 bits per heavy atom. The van der Waals surface area contributed by atoms with E-state index in [1.165, 1.54) is 6.07 Å². The van der Waals surface area contributed by atoms with Gasteiger partial charge in [-0.25, -0.2) is 4.39 Å². The number of aromatic nitrogens is 1. The van der Waals surface area contributed by atoms with Crippen LogP contribution in [0.5, 0.6) is 0 Å². The van der Waals surface area contributed by atoms with Crippen LogP contribution in [-0.2, 0) is 11.2 Å². The number of amides is 2. The number of pyridine rings is 1. The summed E-state index contributed by atoms with van der Waals surface area (Å²) in [5.74, 6) is -0.691. The highest BCUT2D eigenvalue weighted by molar-refractivity contribution is 5.92. The number of nitrogens with zero attached hydrogens (tertiary/aromatic N) is 3. The van der Waals surface area contributed by atoms with Gasteiger partial charge in [0.2, 0.25) is 5.91 Å². The molecule has 2 amide bonds. The predicted octanol–water partition coefficient (Wildman–Crippen LogP) is 3.67. The summed E-state index contributed by atoms with van der Waals surface area (Å²) in [5, 5.41) is 9.85. The summed E-state index contributed by atoms with van der Waals surface area (Å²) in [7, 11) is 0. The molecule has 5 rings (SSSR count). The molecule has 8 heteroatoms. The van der Waals surface area contributed by atoms with E-state index < -0.39 is 11.3 Å². The summed E-state index contributed by atoms with van der Waals surface area (Å²) in [6, 6.07) is 7.22. The molecule has 2 saturated heterocycles. The van der Waals surface area contributed by atoms with Crippen LogP contribution in [0.25, 0.3) is 11.1 Å². The van der Waals surface area contributed by atoms with Gasteiger partial charge in [0.15, 0.2) is 0 Å². The van der Waals surface area contributed by atoms with E-state index in [2.05, 4.69) is 4.98 Å². The van der Waals surface area contributed by atoms with Crippen molar-refractivity contribution < 1.29 is 19.1 Å². The number of carbonyl (C=O) groups excluding carboxylic acids is 2. The zero-order valence-corrected chi connectivity index (χ0v) is 20.9. The van der Waals surface area contributed by atoms with Crippen molar-refractivity contribution in [1.29, 1.82) is 0 Å². The van der Waals surface area contributed by atoms with Crippen molar-refractivity contribution in [3.05, 3.63) is 47.5 Å². The third kappa shape index (κ3) is 4.47. The maximum atomic E-state index is 15.4. The number of aliphatic hydroxyl groups excluding tert-OH is 1. The SMILES string of the molecule is CCc1cc(-c2ccc(N3CCC[C@]4(CCN(C5CCC(O)CC5)C4=O)C3)c(F)c2)cnc1C(N)=O. The predicted molar refractivity (Wildman–Crippen MR) is 136 cm³/mol. The van der Waals surface area contributed by atoms with Crippen LogP contribution < -0.4 is 10.6 Å². The Morgan fingerprint density at radius 3 is 2.64 bits per heavy atom. The molecule has 2 aromatic rings. The first-order valence-corrected chi connectivity index (χ1v) is 13.1. The zero-order chi connectivity index (χ0) is 25.4. The molecule has 1 spiro atoms. The molecule has 1 aliphatic carbocycles. The van der Waals surface area contributed by atoms with Crippen molar-refractivity contribution in [3.8, 4) is 11.1 Å². The first-order chi connectivity index (χ1) is 17.3. The molecule has 3 N–H and O–H groups in total. The summed E-state index contributed by atoms with van der Waals surface area (Å²) in [4.78, 5) is 33.5. The normalized spacial score (nSPS) is 26.6. The van der Waals surface area contributed by atoms with Crippen LogP contribution >= 0.6 is 0 Å². The van der Waals surface area contributed by atoms with Crippen molar-refractivity contribution >= 4 is 17.5 Å². The second-order valence-corrected chi connectivity index (χ2v) is 10.6. The number of anilines is 1. The first-order valence-electron chi connectivity index (χ1n) is 13.1. The van der Waals surface area contributed by atoms with Crippen LogP contribution in [0.15, 0.2) is 30.5 Å². The van der Waals surface area contributed by atoms with Crippen molar-refractivity contribution in [1.82, 2.24) is 9.88 Å². The molecule has 2 aliphatic heterocycles. The Balaban J connectivity index is 1.34. The number of nitrogens with two attached hydrogens (primary N) is 1. The Kier molecular flexibility index (Phi) is 6.72. The Hall–Kier alpha value is -3.00. The van der Waals surface area contributed by atoms with Crippen molar-refractivity contribution in [2.24, 2.45) is 11.1 Å². The van der Waals surface area contributed by atoms with Crippen LogP contribution in [0, 0.1) is 11.2 Å². The topological polar surface area (TPSA) is 99.8 Å². The van der Waals surface area contributed by atoms with E-state index in [0.29, 0.717) is 24.2 Å². The van der Waals surface area contributed by atoms with Crippen LogP contribution in [0.4, 0.5) is 10.1 Å². The van der Waals surface area contributed by atoms with Gasteiger partial charge in [-0.3, -0.25) is 14.6 Å². The maximum Gasteiger partial charge on any atom is 0.267 e. The van der Waals surface area contributed by atoms with Gasteiger partial charge in [0.05, 0.1) is 17.2 Å². The number of primary amides is 1. The third-order valence-corrected chi connectivity index (χ3v) is 8.43. The molecular formula is C28H35FN4O3. The number of likely N-dealkylation sites (tertiary alicyclic amines) is 1. The average Bonchev–Trinajstić information content (AvgIpc) is 3.18. The van der Waals surface area contributed by atoms with Crippen LogP contribution in [0.3, 0.4) is 0 Å². The number of aryl methyl sites for hydroxylation is 1. The van der Waals surface area contributed by atoms with Gasteiger partial charge in [0.1, 0.15) is 11.5 Å². The van der Waals surface area contributed by atoms with Crippen LogP contribution in [0.2, 0.25) is 0 Å². The number of piperidine rings is 1. The van der Waals surface area contributed by atoms with E-state index in [9.17, 15) is 14.7 Å². The quantitative estimate of drug-likeness (QED) is 0.661. The summed E-state index contributed by atoms with van der Waals surface area (Å²) in [5.41, 5.74) is 7.88. The van der Waals surface area contributed by atoms with Gasteiger partial charge in [-0.05, 0) is 80.7 Å². The molecule has 36 heavy (non-hydrogen) atoms. The van der Waals surface area contributed by atoms with Gasteiger partial charge in [-0.1, -0.05) is 13.0 Å². The molecule has 0 unspecified atom stereocenters. The fraction of sp³-hybridized carbons (Fsp3) is 0.536. The molecule has 3 fully saturated rings. The largest absolute Gasteiger partial charge is 0.393 e. The number of hydrogen-bond donors (Lipinski definition) is 2. The van der Waals surface area contributed by atoms with E-state index in [1.54, 1.807) is 12.3 Å². The molecule has 3 heterocycles. The molecule has 1 atom stereocenters. The fourth-order valence-electron chi connectivity index (χ4n) is 6.38. The summed E-state index contributed by atoms with van der Waals surface area (Å²) < 4.78 is 15.4. The summed E-state index contributed by atoms with van der Waals surface area (Å²) in [6.07, 6.45) is 7.64. The highest BCUT2D eigenvalue weighted by atomic mass is 19.1. The number of carbonyl (C=O) groups is 2. The minimum Gasteiger partial charge on any atom is -0.393 e. The van der Waals surface area contributed by atoms with Gasteiger partial charge in [-0.2, -0.15) is 0 Å². The molecule has 1 saturated carbocycles. The molecule has 0 radical (unpaired) electrons. The van der Waals surface area contributed by atoms with E-state index in [0.717, 1.165) is 69.2 Å². The summed E-state index contributed by atoms with van der Waals surface area (Å²) >= 11 is 0. The van der Waals surface area contributed by atoms with E-state index >= 15 is 4.39 Å². The maximum absolute atomic E-state index is 15.4. The molecule has 1 aromatic carbocycles. The minimum atomic E-state index is -0.569. The van der Waals surface area contributed by atoms with E-state index in [1.807, 2.05) is 28.9 Å². The minimum absolute atomic E-state index is 0.207. The van der Waals surface area contributed by atoms with Gasteiger partial charge in [0, 0.05) is 37.4 Å². The van der Waals surface area contributed by atoms with Crippen LogP contribution in [0.1, 0.15) is 67.9 Å². The first kappa shape index (κ1) is 24.7. The van der Waals surface area contributed by atoms with E-state index in [4.69, 9.17) is 5.73 Å². The lowest BCUT2D eigenvalue weighted by Gasteiger charge is -2.41. The number of halogens is 1. The Labute approximate surface area is 211 Å². The highest BCUT2D eigenvalue weighted by Gasteiger charge is 2.50. The molecule has 7 nitrogen and oxygen atoms in total. The number of rotatable bonds is 5. The third-order valence-electron chi connectivity index (χ3n) is 8.43. The second-order valence-electron chi connectivity index (χ2n) is 10.6. The zero-order valence-electron chi connectivity index (χ0n) is 20.9. The standard InChI is InChI=1S/C28H35FN4O3/c1-2-18-14-20(16-31-25(18)26(30)35)19-4-9-24(23(29)15-19)32-12-3-10-28(17-32)11-13-33(27(28)36)21-5-7-22(34)8-6-21/h4,9,14-16,21-22,34H,2-3,5-8,10-13,17H2,1H3,(H2,30,35)/t21?,22?,28-/m0/s1. The lowest BCUT2D eigenvalue weighted by Crippen LogP contribution is -2.50. The van der Waals surface area contributed by atoms with Crippen molar-refractivity contribution in [2.75, 3.05) is 24.5 Å². The molecular weight excluding hydrogens is 459 g/mol. The molecule has 0 bridgehead atoms. The Morgan fingerprint density at radius 1 is 1.17 bits per heavy atom. The number of aliphatic hydroxyl groups is 1. The lowest BCUT2D eigenvalue weighted by atomic mass is 9.78. The van der Waals surface area contributed by atoms with E-state index in [-0.39, 0.29) is 29.6 Å². The van der Waals surface area contributed by atoms with Gasteiger partial charge >= 0.3 is 0 Å². The smallest absolute Gasteiger partial charge is 0.267 e. The second kappa shape index (κ2) is 9.81. The van der Waals surface area contributed by atoms with Crippen molar-refractivity contribution in [2.45, 2.75) is 70.4 Å². The summed E-state index contributed by atoms with van der Waals surface area (Å²) in [6.45, 7) is 3.92.